The van der Waals surface area contributed by atoms with Crippen LogP contribution in [-0.4, -0.2) is 20.7 Å². The maximum Gasteiger partial charge on any atom is 0.255 e. The maximum atomic E-state index is 12.5. The Morgan fingerprint density at radius 1 is 1.16 bits per heavy atom. The van der Waals surface area contributed by atoms with Crippen LogP contribution in [0.2, 0.25) is 10.0 Å². The summed E-state index contributed by atoms with van der Waals surface area (Å²) in [5.74, 6) is -0.285. The van der Waals surface area contributed by atoms with E-state index in [1.807, 2.05) is 10.7 Å². The number of fused-ring (bicyclic) bond motifs is 1. The van der Waals surface area contributed by atoms with E-state index >= 15 is 0 Å². The number of hydrogen-bond donors (Lipinski definition) is 1. The molecule has 3 aromatic rings. The topological polar surface area (TPSA) is 59.8 Å². The van der Waals surface area contributed by atoms with E-state index in [0.29, 0.717) is 27.3 Å². The van der Waals surface area contributed by atoms with Crippen molar-refractivity contribution in [3.8, 4) is 0 Å². The van der Waals surface area contributed by atoms with Crippen molar-refractivity contribution in [3.63, 3.8) is 0 Å². The molecule has 7 heteroatoms. The van der Waals surface area contributed by atoms with E-state index in [1.165, 1.54) is 38.1 Å². The SMILES string of the molecule is O=C(Nc1c(Cl)cncc1Cl)c1ccc2cn(C3CCCC3)nc2c1. The second-order valence-electron chi connectivity index (χ2n) is 6.25. The van der Waals surface area contributed by atoms with Crippen LogP contribution in [-0.2, 0) is 0 Å². The average molecular weight is 375 g/mol. The largest absolute Gasteiger partial charge is 0.319 e. The smallest absolute Gasteiger partial charge is 0.255 e. The van der Waals surface area contributed by atoms with Gasteiger partial charge in [0.2, 0.25) is 0 Å². The number of aromatic nitrogens is 3. The lowest BCUT2D eigenvalue weighted by Gasteiger charge is -2.08. The molecule has 5 nitrogen and oxygen atoms in total. The highest BCUT2D eigenvalue weighted by Gasteiger charge is 2.19. The van der Waals surface area contributed by atoms with Crippen LogP contribution in [0.3, 0.4) is 0 Å². The van der Waals surface area contributed by atoms with Crippen LogP contribution in [0, 0.1) is 0 Å². The van der Waals surface area contributed by atoms with Crippen molar-refractivity contribution in [1.29, 1.82) is 0 Å². The van der Waals surface area contributed by atoms with Crippen molar-refractivity contribution in [2.24, 2.45) is 0 Å². The highest BCUT2D eigenvalue weighted by molar-refractivity contribution is 6.39. The molecule has 25 heavy (non-hydrogen) atoms. The number of benzene rings is 1. The van der Waals surface area contributed by atoms with Gasteiger partial charge in [0.25, 0.3) is 5.91 Å². The van der Waals surface area contributed by atoms with Crippen molar-refractivity contribution in [2.45, 2.75) is 31.7 Å². The number of amides is 1. The second kappa shape index (κ2) is 6.65. The molecule has 1 amide bonds. The molecule has 0 aliphatic heterocycles. The lowest BCUT2D eigenvalue weighted by Crippen LogP contribution is -2.12. The minimum Gasteiger partial charge on any atom is -0.319 e. The van der Waals surface area contributed by atoms with Crippen LogP contribution in [0.5, 0.6) is 0 Å². The lowest BCUT2D eigenvalue weighted by molar-refractivity contribution is 0.102. The zero-order valence-electron chi connectivity index (χ0n) is 13.4. The summed E-state index contributed by atoms with van der Waals surface area (Å²) in [7, 11) is 0. The first kappa shape index (κ1) is 16.4. The first-order valence-corrected chi connectivity index (χ1v) is 8.96. The summed E-state index contributed by atoms with van der Waals surface area (Å²) in [6.07, 6.45) is 9.78. The van der Waals surface area contributed by atoms with Crippen LogP contribution in [0.15, 0.2) is 36.8 Å². The molecule has 0 spiro atoms. The molecule has 0 saturated heterocycles. The normalized spacial score (nSPS) is 15.0. The van der Waals surface area contributed by atoms with Crippen molar-refractivity contribution in [3.05, 3.63) is 52.4 Å². The molecule has 1 N–H and O–H groups in total. The zero-order chi connectivity index (χ0) is 17.4. The molecule has 0 radical (unpaired) electrons. The molecule has 2 aromatic heterocycles. The summed E-state index contributed by atoms with van der Waals surface area (Å²) in [6, 6.07) is 5.96. The van der Waals surface area contributed by atoms with Gasteiger partial charge >= 0.3 is 0 Å². The Morgan fingerprint density at radius 2 is 1.88 bits per heavy atom. The van der Waals surface area contributed by atoms with Gasteiger partial charge in [-0.3, -0.25) is 14.5 Å². The van der Waals surface area contributed by atoms with E-state index in [1.54, 1.807) is 12.1 Å². The quantitative estimate of drug-likeness (QED) is 0.692. The molecule has 1 saturated carbocycles. The summed E-state index contributed by atoms with van der Waals surface area (Å²) in [4.78, 5) is 16.4. The number of anilines is 1. The summed E-state index contributed by atoms with van der Waals surface area (Å²) in [5.41, 5.74) is 1.68. The molecule has 4 rings (SSSR count). The molecule has 1 aliphatic rings. The first-order chi connectivity index (χ1) is 12.1. The number of hydrogen-bond acceptors (Lipinski definition) is 3. The van der Waals surface area contributed by atoms with E-state index in [4.69, 9.17) is 23.2 Å². The van der Waals surface area contributed by atoms with Crippen LogP contribution in [0.1, 0.15) is 42.1 Å². The van der Waals surface area contributed by atoms with E-state index in [9.17, 15) is 4.79 Å². The zero-order valence-corrected chi connectivity index (χ0v) is 14.9. The molecule has 0 atom stereocenters. The lowest BCUT2D eigenvalue weighted by atomic mass is 10.1. The number of halogens is 2. The third kappa shape index (κ3) is 3.22. The first-order valence-electron chi connectivity index (χ1n) is 8.21. The Morgan fingerprint density at radius 3 is 2.60 bits per heavy atom. The van der Waals surface area contributed by atoms with Crippen LogP contribution >= 0.6 is 23.2 Å². The van der Waals surface area contributed by atoms with Crippen LogP contribution in [0.25, 0.3) is 10.9 Å². The number of nitrogens with zero attached hydrogens (tertiary/aromatic N) is 3. The van der Waals surface area contributed by atoms with Crippen molar-refractivity contribution < 1.29 is 4.79 Å². The molecule has 128 valence electrons. The van der Waals surface area contributed by atoms with E-state index < -0.39 is 0 Å². The van der Waals surface area contributed by atoms with Crippen LogP contribution in [0.4, 0.5) is 5.69 Å². The van der Waals surface area contributed by atoms with Gasteiger partial charge in [-0.2, -0.15) is 5.10 Å². The fourth-order valence-electron chi connectivity index (χ4n) is 3.25. The standard InChI is InChI=1S/C18H16Cl2N4O/c19-14-8-21-9-15(20)17(14)22-18(25)11-5-6-12-10-24(23-16(12)7-11)13-3-1-2-4-13/h5-10,13H,1-4H2,(H,21,22,25). The van der Waals surface area contributed by atoms with Gasteiger partial charge in [-0.1, -0.05) is 42.1 Å². The van der Waals surface area contributed by atoms with Gasteiger partial charge in [0.05, 0.1) is 27.3 Å². The molecule has 0 unspecified atom stereocenters. The van der Waals surface area contributed by atoms with Gasteiger partial charge in [0.1, 0.15) is 0 Å². The van der Waals surface area contributed by atoms with E-state index in [2.05, 4.69) is 21.6 Å². The second-order valence-corrected chi connectivity index (χ2v) is 7.07. The Bertz CT molecular complexity index is 927. The molecule has 1 aromatic carbocycles. The monoisotopic (exact) mass is 374 g/mol. The number of nitrogens with one attached hydrogen (secondary N) is 1. The van der Waals surface area contributed by atoms with Gasteiger partial charge in [0.15, 0.2) is 0 Å². The van der Waals surface area contributed by atoms with Gasteiger partial charge in [0, 0.05) is 29.5 Å². The number of carbonyl (C=O) groups is 1. The maximum absolute atomic E-state index is 12.5. The van der Waals surface area contributed by atoms with Gasteiger partial charge < -0.3 is 5.32 Å². The van der Waals surface area contributed by atoms with Crippen molar-refractivity contribution >= 4 is 45.7 Å². The molecular formula is C18H16Cl2N4O. The highest BCUT2D eigenvalue weighted by Crippen LogP contribution is 2.31. The van der Waals surface area contributed by atoms with E-state index in [-0.39, 0.29) is 5.91 Å². The van der Waals surface area contributed by atoms with Gasteiger partial charge in [-0.05, 0) is 25.0 Å². The Balaban J connectivity index is 1.61. The summed E-state index contributed by atoms with van der Waals surface area (Å²) < 4.78 is 2.04. The molecule has 0 bridgehead atoms. The molecular weight excluding hydrogens is 359 g/mol. The molecule has 1 fully saturated rings. The average Bonchev–Trinajstić information content (AvgIpc) is 3.26. The third-order valence-corrected chi connectivity index (χ3v) is 5.15. The van der Waals surface area contributed by atoms with Crippen LogP contribution < -0.4 is 5.32 Å². The molecule has 2 heterocycles. The van der Waals surface area contributed by atoms with Gasteiger partial charge in [-0.25, -0.2) is 0 Å². The highest BCUT2D eigenvalue weighted by atomic mass is 35.5. The fraction of sp³-hybridized carbons (Fsp3) is 0.278. The third-order valence-electron chi connectivity index (χ3n) is 4.58. The van der Waals surface area contributed by atoms with E-state index in [0.717, 1.165) is 10.9 Å². The predicted molar refractivity (Wildman–Crippen MR) is 99.4 cm³/mol. The Labute approximate surface area is 154 Å². The fourth-order valence-corrected chi connectivity index (χ4v) is 3.71. The Kier molecular flexibility index (Phi) is 4.36. The summed E-state index contributed by atoms with van der Waals surface area (Å²) in [5, 5.41) is 9.03. The van der Waals surface area contributed by atoms with Crippen molar-refractivity contribution in [2.75, 3.05) is 5.32 Å². The number of carbonyl (C=O) groups excluding carboxylic acids is 1. The predicted octanol–water partition coefficient (Wildman–Crippen LogP) is 5.11. The van der Waals surface area contributed by atoms with Crippen molar-refractivity contribution in [1.82, 2.24) is 14.8 Å². The molecule has 1 aliphatic carbocycles. The Hall–Kier alpha value is -2.11. The van der Waals surface area contributed by atoms with Gasteiger partial charge in [-0.15, -0.1) is 0 Å². The summed E-state index contributed by atoms with van der Waals surface area (Å²) in [6.45, 7) is 0. The number of pyridine rings is 1. The minimum absolute atomic E-state index is 0.285. The number of rotatable bonds is 3. The summed E-state index contributed by atoms with van der Waals surface area (Å²) >= 11 is 12.1. The minimum atomic E-state index is -0.285.